The summed E-state index contributed by atoms with van der Waals surface area (Å²) in [5.74, 6) is 0.343. The highest BCUT2D eigenvalue weighted by atomic mass is 32.2. The minimum Gasteiger partial charge on any atom is -0.493 e. The molecule has 1 saturated heterocycles. The number of amidine groups is 1. The lowest BCUT2D eigenvalue weighted by atomic mass is 10.1. The first-order valence-electron chi connectivity index (χ1n) is 11.2. The number of esters is 1. The summed E-state index contributed by atoms with van der Waals surface area (Å²) in [6.45, 7) is 4.61. The van der Waals surface area contributed by atoms with Crippen molar-refractivity contribution < 1.29 is 28.6 Å². The van der Waals surface area contributed by atoms with Crippen molar-refractivity contribution in [3.05, 3.63) is 53.6 Å². The molecule has 1 atom stereocenters. The Labute approximate surface area is 208 Å². The highest BCUT2D eigenvalue weighted by Crippen LogP contribution is 2.34. The molecule has 0 saturated carbocycles. The Balaban J connectivity index is 1.89. The second-order valence-electron chi connectivity index (χ2n) is 7.54. The first-order valence-corrected chi connectivity index (χ1v) is 12.1. The lowest BCUT2D eigenvalue weighted by Gasteiger charge is -2.18. The number of hydrogen-bond donors (Lipinski definition) is 1. The van der Waals surface area contributed by atoms with Crippen molar-refractivity contribution in [1.82, 2.24) is 10.2 Å². The molecule has 2 aromatic rings. The maximum Gasteiger partial charge on any atom is 0.338 e. The lowest BCUT2D eigenvalue weighted by molar-refractivity contribution is -0.129. The number of methoxy groups -OCH3 is 2. The summed E-state index contributed by atoms with van der Waals surface area (Å²) in [5, 5.41) is 2.63. The van der Waals surface area contributed by atoms with Crippen LogP contribution in [0.25, 0.3) is 0 Å². The molecule has 0 aliphatic carbocycles. The number of nitrogens with zero attached hydrogens (tertiary/aromatic N) is 2. The number of ether oxygens (including phenoxy) is 3. The van der Waals surface area contributed by atoms with Crippen LogP contribution in [0.1, 0.15) is 36.2 Å². The van der Waals surface area contributed by atoms with E-state index in [1.54, 1.807) is 62.4 Å². The van der Waals surface area contributed by atoms with E-state index in [2.05, 4.69) is 10.3 Å². The third-order valence-corrected chi connectivity index (χ3v) is 6.33. The van der Waals surface area contributed by atoms with Crippen LogP contribution in [0.4, 0.5) is 5.69 Å². The van der Waals surface area contributed by atoms with Crippen LogP contribution in [0.15, 0.2) is 47.5 Å². The van der Waals surface area contributed by atoms with Crippen molar-refractivity contribution in [3.63, 3.8) is 0 Å². The van der Waals surface area contributed by atoms with Gasteiger partial charge in [-0.05, 0) is 55.8 Å². The standard InChI is InChI=1S/C25H29N3O6S/c1-5-26-22(29)14-21-23(30)28(15-16-7-12-19(32-3)20(13-16)33-4)25(35-21)27-18-10-8-17(9-11-18)24(31)34-6-2/h7-13,21H,5-6,14-15H2,1-4H3,(H,26,29)/t21-/m0/s1. The summed E-state index contributed by atoms with van der Waals surface area (Å²) in [6.07, 6.45) is 0.0561. The van der Waals surface area contributed by atoms with Gasteiger partial charge in [0, 0.05) is 13.0 Å². The molecule has 10 heteroatoms. The molecule has 1 heterocycles. The van der Waals surface area contributed by atoms with Gasteiger partial charge in [0.15, 0.2) is 16.7 Å². The molecule has 0 bridgehead atoms. The molecule has 1 aliphatic heterocycles. The molecule has 1 fully saturated rings. The third kappa shape index (κ3) is 6.54. The van der Waals surface area contributed by atoms with Crippen LogP contribution in [0.2, 0.25) is 0 Å². The normalized spacial score (nSPS) is 16.3. The molecule has 3 rings (SSSR count). The van der Waals surface area contributed by atoms with Gasteiger partial charge in [-0.15, -0.1) is 0 Å². The summed E-state index contributed by atoms with van der Waals surface area (Å²) in [6, 6.07) is 12.1. The number of thioether (sulfide) groups is 1. The second kappa shape index (κ2) is 12.3. The minimum atomic E-state index is -0.584. The van der Waals surface area contributed by atoms with Gasteiger partial charge in [-0.1, -0.05) is 17.8 Å². The molecule has 0 unspecified atom stereocenters. The number of carbonyl (C=O) groups excluding carboxylic acids is 3. The summed E-state index contributed by atoms with van der Waals surface area (Å²) in [5.41, 5.74) is 1.81. The van der Waals surface area contributed by atoms with Crippen molar-refractivity contribution in [2.75, 3.05) is 27.4 Å². The first kappa shape index (κ1) is 26.1. The Kier molecular flexibility index (Phi) is 9.13. The topological polar surface area (TPSA) is 107 Å². The van der Waals surface area contributed by atoms with Gasteiger partial charge >= 0.3 is 5.97 Å². The average molecular weight is 500 g/mol. The second-order valence-corrected chi connectivity index (χ2v) is 8.71. The first-order chi connectivity index (χ1) is 16.9. The molecular weight excluding hydrogens is 470 g/mol. The van der Waals surface area contributed by atoms with Crippen LogP contribution < -0.4 is 14.8 Å². The fourth-order valence-corrected chi connectivity index (χ4v) is 4.62. The third-order valence-electron chi connectivity index (χ3n) is 5.16. The van der Waals surface area contributed by atoms with E-state index in [1.165, 1.54) is 11.8 Å². The number of rotatable bonds is 10. The highest BCUT2D eigenvalue weighted by Gasteiger charge is 2.39. The predicted octanol–water partition coefficient (Wildman–Crippen LogP) is 3.54. The smallest absolute Gasteiger partial charge is 0.338 e. The number of benzene rings is 2. The molecule has 0 aromatic heterocycles. The maximum absolute atomic E-state index is 13.3. The van der Waals surface area contributed by atoms with Gasteiger partial charge < -0.3 is 19.5 Å². The summed E-state index contributed by atoms with van der Waals surface area (Å²) >= 11 is 1.25. The Morgan fingerprint density at radius 2 is 1.77 bits per heavy atom. The SMILES string of the molecule is CCNC(=O)C[C@@H]1SC(=Nc2ccc(C(=O)OCC)cc2)N(Cc2ccc(OC)c(OC)c2)C1=O. The van der Waals surface area contributed by atoms with Gasteiger partial charge in [0.2, 0.25) is 11.8 Å². The largest absolute Gasteiger partial charge is 0.493 e. The molecule has 186 valence electrons. The summed E-state index contributed by atoms with van der Waals surface area (Å²) in [7, 11) is 3.11. The quantitative estimate of drug-likeness (QED) is 0.499. The summed E-state index contributed by atoms with van der Waals surface area (Å²) < 4.78 is 15.7. The van der Waals surface area contributed by atoms with E-state index in [9.17, 15) is 14.4 Å². The predicted molar refractivity (Wildman–Crippen MR) is 134 cm³/mol. The molecule has 2 aromatic carbocycles. The Hall–Kier alpha value is -3.53. The molecule has 35 heavy (non-hydrogen) atoms. The van der Waals surface area contributed by atoms with Crippen molar-refractivity contribution in [2.24, 2.45) is 4.99 Å². The molecule has 0 spiro atoms. The van der Waals surface area contributed by atoms with E-state index < -0.39 is 11.2 Å². The van der Waals surface area contributed by atoms with Crippen LogP contribution in [-0.4, -0.2) is 60.5 Å². The van der Waals surface area contributed by atoms with Crippen molar-refractivity contribution in [1.29, 1.82) is 0 Å². The Morgan fingerprint density at radius 3 is 2.40 bits per heavy atom. The number of hydrogen-bond acceptors (Lipinski definition) is 8. The van der Waals surface area contributed by atoms with Crippen LogP contribution >= 0.6 is 11.8 Å². The van der Waals surface area contributed by atoms with Crippen LogP contribution in [0, 0.1) is 0 Å². The monoisotopic (exact) mass is 499 g/mol. The van der Waals surface area contributed by atoms with Crippen LogP contribution in [0.3, 0.4) is 0 Å². The zero-order valence-corrected chi connectivity index (χ0v) is 21.0. The van der Waals surface area contributed by atoms with E-state index in [1.807, 2.05) is 13.0 Å². The van der Waals surface area contributed by atoms with Crippen molar-refractivity contribution in [2.45, 2.75) is 32.1 Å². The zero-order valence-electron chi connectivity index (χ0n) is 20.2. The molecule has 1 N–H and O–H groups in total. The number of nitrogens with one attached hydrogen (secondary N) is 1. The number of carbonyl (C=O) groups is 3. The van der Waals surface area contributed by atoms with Gasteiger partial charge in [-0.2, -0.15) is 0 Å². The summed E-state index contributed by atoms with van der Waals surface area (Å²) in [4.78, 5) is 43.6. The molecule has 0 radical (unpaired) electrons. The number of aliphatic imine (C=N–C) groups is 1. The van der Waals surface area contributed by atoms with Crippen molar-refractivity contribution in [3.8, 4) is 11.5 Å². The van der Waals surface area contributed by atoms with E-state index in [4.69, 9.17) is 14.2 Å². The van der Waals surface area contributed by atoms with Crippen LogP contribution in [-0.2, 0) is 20.9 Å². The van der Waals surface area contributed by atoms with Gasteiger partial charge in [0.05, 0.1) is 38.6 Å². The fraction of sp³-hybridized carbons (Fsp3) is 0.360. The molecular formula is C25H29N3O6S. The Morgan fingerprint density at radius 1 is 1.06 bits per heavy atom. The van der Waals surface area contributed by atoms with Gasteiger partial charge in [-0.3, -0.25) is 14.5 Å². The molecule has 1 aliphatic rings. The van der Waals surface area contributed by atoms with Crippen molar-refractivity contribution >= 4 is 40.4 Å². The van der Waals surface area contributed by atoms with E-state index in [-0.39, 0.29) is 24.8 Å². The lowest BCUT2D eigenvalue weighted by Crippen LogP contribution is -2.34. The van der Waals surface area contributed by atoms with E-state index >= 15 is 0 Å². The van der Waals surface area contributed by atoms with Gasteiger partial charge in [-0.25, -0.2) is 9.79 Å². The number of amides is 2. The van der Waals surface area contributed by atoms with Crippen LogP contribution in [0.5, 0.6) is 11.5 Å². The molecule has 2 amide bonds. The average Bonchev–Trinajstić information content (AvgIpc) is 3.13. The van der Waals surface area contributed by atoms with Gasteiger partial charge in [0.1, 0.15) is 5.25 Å². The van der Waals surface area contributed by atoms with Gasteiger partial charge in [0.25, 0.3) is 0 Å². The Bertz CT molecular complexity index is 1100. The maximum atomic E-state index is 13.3. The minimum absolute atomic E-state index is 0.0561. The zero-order chi connectivity index (χ0) is 25.4. The van der Waals surface area contributed by atoms with E-state index in [0.717, 1.165) is 5.56 Å². The van der Waals surface area contributed by atoms with E-state index in [0.29, 0.717) is 41.1 Å². The highest BCUT2D eigenvalue weighted by molar-refractivity contribution is 8.15. The fourth-order valence-electron chi connectivity index (χ4n) is 3.47. The molecule has 9 nitrogen and oxygen atoms in total.